The Morgan fingerprint density at radius 2 is 1.94 bits per heavy atom. The average molecular weight is 236 g/mol. The lowest BCUT2D eigenvalue weighted by molar-refractivity contribution is 0.203. The molecule has 0 bridgehead atoms. The zero-order chi connectivity index (χ0) is 13.0. The summed E-state index contributed by atoms with van der Waals surface area (Å²) in [5.74, 6) is 0.959. The summed E-state index contributed by atoms with van der Waals surface area (Å²) in [4.78, 5) is 13.2. The summed E-state index contributed by atoms with van der Waals surface area (Å²) >= 11 is 0. The van der Waals surface area contributed by atoms with Gasteiger partial charge in [0.05, 0.1) is 0 Å². The average Bonchev–Trinajstić information content (AvgIpc) is 2.28. The fourth-order valence-corrected chi connectivity index (χ4v) is 1.41. The minimum absolute atomic E-state index is 0.391. The van der Waals surface area contributed by atoms with Gasteiger partial charge in [0.15, 0.2) is 0 Å². The molecule has 0 aliphatic carbocycles. The second-order valence-electron chi connectivity index (χ2n) is 4.45. The van der Waals surface area contributed by atoms with E-state index in [2.05, 4.69) is 25.2 Å². The molecule has 1 N–H and O–H groups in total. The Morgan fingerprint density at radius 3 is 2.41 bits per heavy atom. The van der Waals surface area contributed by atoms with Gasteiger partial charge in [-0.05, 0) is 23.6 Å². The summed E-state index contributed by atoms with van der Waals surface area (Å²) < 4.78 is 5.17. The van der Waals surface area contributed by atoms with E-state index in [1.165, 1.54) is 0 Å². The van der Waals surface area contributed by atoms with Crippen molar-refractivity contribution in [3.63, 3.8) is 0 Å². The van der Waals surface area contributed by atoms with E-state index in [1.807, 2.05) is 31.1 Å². The lowest BCUT2D eigenvalue weighted by atomic mass is 10.0. The summed E-state index contributed by atoms with van der Waals surface area (Å²) in [5.41, 5.74) is 2.17. The first kappa shape index (κ1) is 13.4. The van der Waals surface area contributed by atoms with Crippen molar-refractivity contribution in [1.29, 1.82) is 0 Å². The third-order valence-electron chi connectivity index (χ3n) is 2.51. The molecule has 0 radical (unpaired) electrons. The van der Waals surface area contributed by atoms with Crippen molar-refractivity contribution in [2.75, 3.05) is 26.0 Å². The molecule has 0 unspecified atom stereocenters. The van der Waals surface area contributed by atoms with Gasteiger partial charge in [0.2, 0.25) is 0 Å². The lowest BCUT2D eigenvalue weighted by Gasteiger charge is -2.17. The molecule has 0 heterocycles. The number of benzene rings is 1. The van der Waals surface area contributed by atoms with Crippen LogP contribution in [0.25, 0.3) is 0 Å². The normalized spacial score (nSPS) is 10.2. The van der Waals surface area contributed by atoms with Gasteiger partial charge in [-0.1, -0.05) is 13.8 Å². The molecule has 0 spiro atoms. The molecule has 0 aliphatic heterocycles. The van der Waals surface area contributed by atoms with E-state index in [-0.39, 0.29) is 0 Å². The number of hydrogen-bond donors (Lipinski definition) is 1. The van der Waals surface area contributed by atoms with Crippen LogP contribution in [0, 0.1) is 0 Å². The molecule has 0 saturated heterocycles. The van der Waals surface area contributed by atoms with Gasteiger partial charge in [-0.2, -0.15) is 0 Å². The van der Waals surface area contributed by atoms with Crippen molar-refractivity contribution in [1.82, 2.24) is 5.32 Å². The van der Waals surface area contributed by atoms with E-state index >= 15 is 0 Å². The van der Waals surface area contributed by atoms with E-state index in [9.17, 15) is 4.79 Å². The zero-order valence-corrected chi connectivity index (χ0v) is 11.1. The number of carbonyl (C=O) groups excluding carboxylic acids is 1. The van der Waals surface area contributed by atoms with Crippen LogP contribution >= 0.6 is 0 Å². The number of nitrogens with zero attached hydrogens (tertiary/aromatic N) is 1. The Hall–Kier alpha value is -1.71. The fourth-order valence-electron chi connectivity index (χ4n) is 1.41. The molecule has 0 aromatic heterocycles. The predicted octanol–water partition coefficient (Wildman–Crippen LogP) is 2.59. The molecule has 1 aromatic rings. The standard InChI is InChI=1S/C13H20N2O2/c1-9(2)10-6-11(15(4)5)8-12(7-10)17-13(16)14-3/h6-9H,1-5H3,(H,14,16). The molecular formula is C13H20N2O2. The number of rotatable bonds is 3. The smallest absolute Gasteiger partial charge is 0.410 e. The van der Waals surface area contributed by atoms with Gasteiger partial charge >= 0.3 is 6.09 Å². The molecule has 0 aliphatic rings. The molecule has 0 fully saturated rings. The largest absolute Gasteiger partial charge is 0.412 e. The van der Waals surface area contributed by atoms with Crippen LogP contribution in [0.2, 0.25) is 0 Å². The minimum atomic E-state index is -0.449. The van der Waals surface area contributed by atoms with E-state index in [4.69, 9.17) is 4.74 Å². The van der Waals surface area contributed by atoms with Crippen LogP contribution in [-0.4, -0.2) is 27.2 Å². The number of nitrogens with one attached hydrogen (secondary N) is 1. The maximum absolute atomic E-state index is 11.2. The van der Waals surface area contributed by atoms with Gasteiger partial charge in [0, 0.05) is 32.9 Å². The predicted molar refractivity (Wildman–Crippen MR) is 69.9 cm³/mol. The molecule has 0 saturated carbocycles. The highest BCUT2D eigenvalue weighted by atomic mass is 16.5. The maximum atomic E-state index is 11.2. The molecule has 1 amide bonds. The Bertz CT molecular complexity index is 374. The minimum Gasteiger partial charge on any atom is -0.410 e. The third kappa shape index (κ3) is 3.66. The van der Waals surface area contributed by atoms with Crippen LogP contribution in [0.5, 0.6) is 5.75 Å². The molecular weight excluding hydrogens is 216 g/mol. The van der Waals surface area contributed by atoms with Gasteiger partial charge in [-0.15, -0.1) is 0 Å². The van der Waals surface area contributed by atoms with Crippen molar-refractivity contribution in [3.8, 4) is 5.75 Å². The summed E-state index contributed by atoms with van der Waals surface area (Å²) in [5, 5.41) is 2.44. The molecule has 4 nitrogen and oxygen atoms in total. The molecule has 17 heavy (non-hydrogen) atoms. The van der Waals surface area contributed by atoms with Gasteiger partial charge in [-0.3, -0.25) is 0 Å². The Balaban J connectivity index is 3.08. The Morgan fingerprint density at radius 1 is 1.29 bits per heavy atom. The van der Waals surface area contributed by atoms with Crippen LogP contribution in [-0.2, 0) is 0 Å². The van der Waals surface area contributed by atoms with Crippen molar-refractivity contribution < 1.29 is 9.53 Å². The summed E-state index contributed by atoms with van der Waals surface area (Å²) in [6.45, 7) is 4.22. The topological polar surface area (TPSA) is 41.6 Å². The van der Waals surface area contributed by atoms with Gasteiger partial charge in [0.25, 0.3) is 0 Å². The fraction of sp³-hybridized carbons (Fsp3) is 0.462. The highest BCUT2D eigenvalue weighted by Gasteiger charge is 2.09. The zero-order valence-electron chi connectivity index (χ0n) is 11.1. The van der Waals surface area contributed by atoms with Crippen LogP contribution in [0.4, 0.5) is 10.5 Å². The van der Waals surface area contributed by atoms with E-state index in [0.29, 0.717) is 11.7 Å². The number of amides is 1. The van der Waals surface area contributed by atoms with Crippen LogP contribution in [0.15, 0.2) is 18.2 Å². The SMILES string of the molecule is CNC(=O)Oc1cc(C(C)C)cc(N(C)C)c1. The van der Waals surface area contributed by atoms with Crippen molar-refractivity contribution in [2.24, 2.45) is 0 Å². The quantitative estimate of drug-likeness (QED) is 0.877. The van der Waals surface area contributed by atoms with E-state index in [1.54, 1.807) is 7.05 Å². The van der Waals surface area contributed by atoms with Gasteiger partial charge in [-0.25, -0.2) is 4.79 Å². The highest BCUT2D eigenvalue weighted by molar-refractivity contribution is 5.70. The number of hydrogen-bond acceptors (Lipinski definition) is 3. The summed E-state index contributed by atoms with van der Waals surface area (Å²) in [7, 11) is 5.47. The van der Waals surface area contributed by atoms with E-state index in [0.717, 1.165) is 11.3 Å². The van der Waals surface area contributed by atoms with Crippen molar-refractivity contribution in [2.45, 2.75) is 19.8 Å². The number of ether oxygens (including phenoxy) is 1. The van der Waals surface area contributed by atoms with E-state index < -0.39 is 6.09 Å². The monoisotopic (exact) mass is 236 g/mol. The van der Waals surface area contributed by atoms with Crippen LogP contribution in [0.3, 0.4) is 0 Å². The molecule has 1 rings (SSSR count). The first-order valence-corrected chi connectivity index (χ1v) is 5.66. The molecule has 1 aromatic carbocycles. The van der Waals surface area contributed by atoms with Gasteiger partial charge in [0.1, 0.15) is 5.75 Å². The Labute approximate surface area is 103 Å². The molecule has 4 heteroatoms. The van der Waals surface area contributed by atoms with Gasteiger partial charge < -0.3 is 15.0 Å². The van der Waals surface area contributed by atoms with Crippen molar-refractivity contribution in [3.05, 3.63) is 23.8 Å². The highest BCUT2D eigenvalue weighted by Crippen LogP contribution is 2.27. The first-order chi connectivity index (χ1) is 7.93. The molecule has 94 valence electrons. The lowest BCUT2D eigenvalue weighted by Crippen LogP contribution is -2.22. The number of carbonyl (C=O) groups is 1. The second-order valence-corrected chi connectivity index (χ2v) is 4.45. The Kier molecular flexibility index (Phi) is 4.37. The third-order valence-corrected chi connectivity index (χ3v) is 2.51. The van der Waals surface area contributed by atoms with Crippen LogP contribution in [0.1, 0.15) is 25.3 Å². The maximum Gasteiger partial charge on any atom is 0.412 e. The van der Waals surface area contributed by atoms with Crippen LogP contribution < -0.4 is 15.0 Å². The first-order valence-electron chi connectivity index (χ1n) is 5.66. The van der Waals surface area contributed by atoms with Crippen molar-refractivity contribution >= 4 is 11.8 Å². The number of anilines is 1. The summed E-state index contributed by atoms with van der Waals surface area (Å²) in [6.07, 6.45) is -0.449. The summed E-state index contributed by atoms with van der Waals surface area (Å²) in [6, 6.07) is 5.84. The second kappa shape index (κ2) is 5.57. The molecule has 0 atom stereocenters.